The lowest BCUT2D eigenvalue weighted by Gasteiger charge is -2.17. The highest BCUT2D eigenvalue weighted by Crippen LogP contribution is 2.28. The molecule has 0 saturated carbocycles. The number of hydrogen-bond acceptors (Lipinski definition) is 2. The fourth-order valence-corrected chi connectivity index (χ4v) is 1.79. The summed E-state index contributed by atoms with van der Waals surface area (Å²) in [6.07, 6.45) is 7.65. The SMILES string of the molecule is CC1CC=C(c2ccc(N)cn2)CC1. The minimum atomic E-state index is 0.735. The average Bonchev–Trinajstić information content (AvgIpc) is 2.21. The van der Waals surface area contributed by atoms with Gasteiger partial charge in [0.15, 0.2) is 0 Å². The van der Waals surface area contributed by atoms with Gasteiger partial charge in [0.2, 0.25) is 0 Å². The van der Waals surface area contributed by atoms with E-state index in [1.54, 1.807) is 6.20 Å². The molecule has 1 unspecified atom stereocenters. The Morgan fingerprint density at radius 1 is 1.43 bits per heavy atom. The van der Waals surface area contributed by atoms with Crippen LogP contribution in [0, 0.1) is 5.92 Å². The molecule has 0 bridgehead atoms. The van der Waals surface area contributed by atoms with Crippen LogP contribution in [-0.2, 0) is 0 Å². The van der Waals surface area contributed by atoms with Crippen LogP contribution in [0.1, 0.15) is 31.9 Å². The van der Waals surface area contributed by atoms with Crippen LogP contribution >= 0.6 is 0 Å². The molecular weight excluding hydrogens is 172 g/mol. The van der Waals surface area contributed by atoms with Gasteiger partial charge in [-0.05, 0) is 42.9 Å². The van der Waals surface area contributed by atoms with Crippen molar-refractivity contribution in [3.8, 4) is 0 Å². The zero-order chi connectivity index (χ0) is 9.97. The summed E-state index contributed by atoms with van der Waals surface area (Å²) in [7, 11) is 0. The lowest BCUT2D eigenvalue weighted by molar-refractivity contribution is 0.533. The van der Waals surface area contributed by atoms with Gasteiger partial charge in [0.25, 0.3) is 0 Å². The van der Waals surface area contributed by atoms with E-state index in [2.05, 4.69) is 18.0 Å². The molecule has 2 heteroatoms. The number of allylic oxidation sites excluding steroid dienone is 2. The van der Waals surface area contributed by atoms with Crippen LogP contribution in [0.3, 0.4) is 0 Å². The third-order valence-electron chi connectivity index (χ3n) is 2.79. The highest BCUT2D eigenvalue weighted by molar-refractivity contribution is 5.64. The number of nitrogen functional groups attached to an aromatic ring is 1. The van der Waals surface area contributed by atoms with Crippen LogP contribution in [0.15, 0.2) is 24.4 Å². The molecule has 2 nitrogen and oxygen atoms in total. The predicted molar refractivity (Wildman–Crippen MR) is 59.6 cm³/mol. The summed E-state index contributed by atoms with van der Waals surface area (Å²) in [5.74, 6) is 0.826. The van der Waals surface area contributed by atoms with Gasteiger partial charge in [-0.1, -0.05) is 13.0 Å². The zero-order valence-corrected chi connectivity index (χ0v) is 8.53. The minimum Gasteiger partial charge on any atom is -0.397 e. The quantitative estimate of drug-likeness (QED) is 0.736. The van der Waals surface area contributed by atoms with Gasteiger partial charge < -0.3 is 5.73 Å². The molecule has 1 aromatic rings. The molecule has 2 N–H and O–H groups in total. The molecule has 1 aliphatic carbocycles. The first-order valence-electron chi connectivity index (χ1n) is 5.16. The molecule has 0 fully saturated rings. The van der Waals surface area contributed by atoms with Crippen LogP contribution in [0.25, 0.3) is 5.57 Å². The van der Waals surface area contributed by atoms with Crippen molar-refractivity contribution in [1.29, 1.82) is 0 Å². The molecule has 0 amide bonds. The fraction of sp³-hybridized carbons (Fsp3) is 0.417. The van der Waals surface area contributed by atoms with E-state index in [0.29, 0.717) is 0 Å². The van der Waals surface area contributed by atoms with Crippen molar-refractivity contribution in [3.05, 3.63) is 30.1 Å². The molecule has 0 aromatic carbocycles. The van der Waals surface area contributed by atoms with Crippen LogP contribution in [0.5, 0.6) is 0 Å². The van der Waals surface area contributed by atoms with Crippen molar-refractivity contribution in [2.75, 3.05) is 5.73 Å². The Bertz CT molecular complexity index is 338. The fourth-order valence-electron chi connectivity index (χ4n) is 1.79. The Balaban J connectivity index is 2.19. The summed E-state index contributed by atoms with van der Waals surface area (Å²) in [4.78, 5) is 4.33. The Morgan fingerprint density at radius 2 is 2.29 bits per heavy atom. The van der Waals surface area contributed by atoms with E-state index in [4.69, 9.17) is 5.73 Å². The maximum absolute atomic E-state index is 5.60. The summed E-state index contributed by atoms with van der Waals surface area (Å²) in [6, 6.07) is 3.93. The van der Waals surface area contributed by atoms with E-state index >= 15 is 0 Å². The molecule has 0 aliphatic heterocycles. The molecule has 2 rings (SSSR count). The molecule has 1 aromatic heterocycles. The number of rotatable bonds is 1. The van der Waals surface area contributed by atoms with Crippen molar-refractivity contribution in [3.63, 3.8) is 0 Å². The van der Waals surface area contributed by atoms with E-state index in [1.165, 1.54) is 18.4 Å². The third kappa shape index (κ3) is 1.95. The molecular formula is C12H16N2. The molecule has 0 spiro atoms. The molecule has 1 heterocycles. The van der Waals surface area contributed by atoms with Gasteiger partial charge in [-0.25, -0.2) is 0 Å². The van der Waals surface area contributed by atoms with E-state index < -0.39 is 0 Å². The largest absolute Gasteiger partial charge is 0.397 e. The molecule has 0 radical (unpaired) electrons. The average molecular weight is 188 g/mol. The second-order valence-electron chi connectivity index (χ2n) is 4.09. The van der Waals surface area contributed by atoms with E-state index in [9.17, 15) is 0 Å². The maximum atomic E-state index is 5.60. The Labute approximate surface area is 84.9 Å². The van der Waals surface area contributed by atoms with E-state index in [1.807, 2.05) is 12.1 Å². The summed E-state index contributed by atoms with van der Waals surface area (Å²) in [6.45, 7) is 2.30. The number of nitrogens with zero attached hydrogens (tertiary/aromatic N) is 1. The monoisotopic (exact) mass is 188 g/mol. The van der Waals surface area contributed by atoms with Gasteiger partial charge in [-0.2, -0.15) is 0 Å². The van der Waals surface area contributed by atoms with Crippen molar-refractivity contribution >= 4 is 11.3 Å². The van der Waals surface area contributed by atoms with Gasteiger partial charge in [0.05, 0.1) is 17.6 Å². The number of pyridine rings is 1. The number of anilines is 1. The second-order valence-corrected chi connectivity index (χ2v) is 4.09. The van der Waals surface area contributed by atoms with Crippen LogP contribution in [0.2, 0.25) is 0 Å². The maximum Gasteiger partial charge on any atom is 0.0660 e. The standard InChI is InChI=1S/C12H16N2/c1-9-2-4-10(5-3-9)12-7-6-11(13)8-14-12/h4,6-9H,2-3,5,13H2,1H3. The van der Waals surface area contributed by atoms with Crippen LogP contribution < -0.4 is 5.73 Å². The highest BCUT2D eigenvalue weighted by Gasteiger charge is 2.11. The third-order valence-corrected chi connectivity index (χ3v) is 2.79. The van der Waals surface area contributed by atoms with E-state index in [0.717, 1.165) is 23.7 Å². The van der Waals surface area contributed by atoms with Crippen LogP contribution in [0.4, 0.5) is 5.69 Å². The molecule has 1 atom stereocenters. The van der Waals surface area contributed by atoms with Crippen molar-refractivity contribution in [2.45, 2.75) is 26.2 Å². The number of aromatic nitrogens is 1. The molecule has 14 heavy (non-hydrogen) atoms. The van der Waals surface area contributed by atoms with Crippen molar-refractivity contribution in [1.82, 2.24) is 4.98 Å². The van der Waals surface area contributed by atoms with Gasteiger partial charge in [-0.15, -0.1) is 0 Å². The van der Waals surface area contributed by atoms with Crippen molar-refractivity contribution < 1.29 is 0 Å². The Kier molecular flexibility index (Phi) is 2.53. The predicted octanol–water partition coefficient (Wildman–Crippen LogP) is 2.87. The Hall–Kier alpha value is -1.31. The molecule has 0 saturated heterocycles. The van der Waals surface area contributed by atoms with Crippen molar-refractivity contribution in [2.24, 2.45) is 5.92 Å². The molecule has 74 valence electrons. The van der Waals surface area contributed by atoms with Gasteiger partial charge in [-0.3, -0.25) is 4.98 Å². The summed E-state index contributed by atoms with van der Waals surface area (Å²) in [5, 5.41) is 0. The first-order valence-corrected chi connectivity index (χ1v) is 5.16. The lowest BCUT2D eigenvalue weighted by Crippen LogP contribution is -2.02. The summed E-state index contributed by atoms with van der Waals surface area (Å²) >= 11 is 0. The zero-order valence-electron chi connectivity index (χ0n) is 8.53. The molecule has 1 aliphatic rings. The smallest absolute Gasteiger partial charge is 0.0660 e. The van der Waals surface area contributed by atoms with Gasteiger partial charge in [0, 0.05) is 0 Å². The summed E-state index contributed by atoms with van der Waals surface area (Å²) < 4.78 is 0. The number of hydrogen-bond donors (Lipinski definition) is 1. The minimum absolute atomic E-state index is 0.735. The first kappa shape index (κ1) is 9.25. The summed E-state index contributed by atoms with van der Waals surface area (Å²) in [5.41, 5.74) is 8.80. The lowest BCUT2D eigenvalue weighted by atomic mass is 9.89. The van der Waals surface area contributed by atoms with Gasteiger partial charge >= 0.3 is 0 Å². The van der Waals surface area contributed by atoms with Crippen LogP contribution in [-0.4, -0.2) is 4.98 Å². The first-order chi connectivity index (χ1) is 6.75. The number of nitrogens with two attached hydrogens (primary N) is 1. The normalized spacial score (nSPS) is 21.8. The Morgan fingerprint density at radius 3 is 2.86 bits per heavy atom. The second kappa shape index (κ2) is 3.82. The van der Waals surface area contributed by atoms with Gasteiger partial charge in [0.1, 0.15) is 0 Å². The van der Waals surface area contributed by atoms with E-state index in [-0.39, 0.29) is 0 Å². The topological polar surface area (TPSA) is 38.9 Å². The highest BCUT2D eigenvalue weighted by atomic mass is 14.7.